The molecule has 1 unspecified atom stereocenters. The first kappa shape index (κ1) is 37.4. The van der Waals surface area contributed by atoms with Gasteiger partial charge >= 0.3 is 5.97 Å². The molecule has 2 saturated carbocycles. The molecule has 10 atom stereocenters. The summed E-state index contributed by atoms with van der Waals surface area (Å²) in [6.07, 6.45) is 4.16. The second-order valence-electron chi connectivity index (χ2n) is 12.7. The number of guanidine groups is 1. The molecule has 2 fully saturated rings. The molecular formula is C31H57N7O6. The van der Waals surface area contributed by atoms with Crippen LogP contribution in [0.25, 0.3) is 0 Å². The molecule has 0 spiro atoms. The third-order valence-corrected chi connectivity index (χ3v) is 10.2. The molecule has 0 heterocycles. The van der Waals surface area contributed by atoms with Crippen LogP contribution in [-0.2, 0) is 19.2 Å². The lowest BCUT2D eigenvalue weighted by atomic mass is 9.79. The van der Waals surface area contributed by atoms with Gasteiger partial charge in [-0.2, -0.15) is 0 Å². The van der Waals surface area contributed by atoms with Crippen LogP contribution in [0.2, 0.25) is 0 Å². The average molecular weight is 624 g/mol. The quantitative estimate of drug-likeness (QED) is 0.0454. The summed E-state index contributed by atoms with van der Waals surface area (Å²) >= 11 is 0. The van der Waals surface area contributed by atoms with Gasteiger partial charge in [-0.1, -0.05) is 53.4 Å². The second-order valence-corrected chi connectivity index (χ2v) is 12.7. The van der Waals surface area contributed by atoms with Crippen LogP contribution in [0.15, 0.2) is 0 Å². The number of aliphatic hydroxyl groups is 1. The van der Waals surface area contributed by atoms with Gasteiger partial charge in [0, 0.05) is 62.6 Å². The molecule has 2 rings (SSSR count). The highest BCUT2D eigenvalue weighted by atomic mass is 16.4. The summed E-state index contributed by atoms with van der Waals surface area (Å²) in [6.45, 7) is 11.4. The number of aliphatic carboxylic acids is 1. The standard InChI is InChI=1S/C31H57N7O6/c1-7-18(8-2)26(36-16(5)40)21-12-11-20(24(42)14-39)28(21)34-15-35-29-22(30(43)44)13-23(38-31(32)33)25(29)27(37-17(6)41)19(9-3)10-4/h14,18-29,34-35,42H,7-13,15H2,1-6H3,(H,36,40)(H,37,41)(H,43,44)(H4,32,33,38)/t20-,21-,22+,23-,24?,25-,26-,27-,28-,29-/m1/s1. The predicted octanol–water partition coefficient (Wildman–Crippen LogP) is 0.900. The van der Waals surface area contributed by atoms with Crippen molar-refractivity contribution in [1.82, 2.24) is 26.6 Å². The summed E-state index contributed by atoms with van der Waals surface area (Å²) in [5.74, 6) is -2.98. The Hall–Kier alpha value is -2.77. The second kappa shape index (κ2) is 17.6. The lowest BCUT2D eigenvalue weighted by molar-refractivity contribution is -0.142. The molecule has 13 nitrogen and oxygen atoms in total. The van der Waals surface area contributed by atoms with Gasteiger partial charge in [-0.25, -0.2) is 0 Å². The number of carboxylic acid groups (broad SMARTS) is 1. The molecule has 0 aromatic carbocycles. The van der Waals surface area contributed by atoms with Crippen molar-refractivity contribution < 1.29 is 29.4 Å². The van der Waals surface area contributed by atoms with E-state index < -0.39 is 36.0 Å². The molecule has 252 valence electrons. The summed E-state index contributed by atoms with van der Waals surface area (Å²) in [4.78, 5) is 48.8. The first-order valence-corrected chi connectivity index (χ1v) is 16.3. The van der Waals surface area contributed by atoms with Gasteiger partial charge in [-0.3, -0.25) is 19.8 Å². The minimum absolute atomic E-state index is 0.0522. The van der Waals surface area contributed by atoms with Gasteiger partial charge in [-0.15, -0.1) is 0 Å². The summed E-state index contributed by atoms with van der Waals surface area (Å²) in [5, 5.41) is 44.9. The minimum atomic E-state index is -1.17. The van der Waals surface area contributed by atoms with E-state index >= 15 is 0 Å². The van der Waals surface area contributed by atoms with E-state index in [9.17, 15) is 29.4 Å². The van der Waals surface area contributed by atoms with Crippen molar-refractivity contribution >= 4 is 30.0 Å². The monoisotopic (exact) mass is 623 g/mol. The topological polar surface area (TPSA) is 219 Å². The van der Waals surface area contributed by atoms with Crippen molar-refractivity contribution in [2.45, 2.75) is 123 Å². The molecule has 2 amide bonds. The number of nitrogens with two attached hydrogens (primary N) is 1. The van der Waals surface area contributed by atoms with E-state index in [0.29, 0.717) is 19.1 Å². The van der Waals surface area contributed by atoms with Gasteiger partial charge in [0.25, 0.3) is 0 Å². The van der Waals surface area contributed by atoms with Crippen LogP contribution >= 0.6 is 0 Å². The number of carbonyl (C=O) groups excluding carboxylic acids is 3. The molecule has 0 bridgehead atoms. The largest absolute Gasteiger partial charge is 0.481 e. The van der Waals surface area contributed by atoms with Gasteiger partial charge in [0.2, 0.25) is 11.8 Å². The van der Waals surface area contributed by atoms with E-state index in [1.807, 2.05) is 13.8 Å². The summed E-state index contributed by atoms with van der Waals surface area (Å²) in [7, 11) is 0. The fraction of sp³-hybridized carbons (Fsp3) is 0.839. The number of aldehydes is 1. The van der Waals surface area contributed by atoms with Crippen molar-refractivity contribution in [3.8, 4) is 0 Å². The Bertz CT molecular complexity index is 975. The number of hydrogen-bond acceptors (Lipinski definition) is 8. The van der Waals surface area contributed by atoms with Gasteiger partial charge in [0.05, 0.1) is 5.92 Å². The highest BCUT2D eigenvalue weighted by molar-refractivity contribution is 5.76. The molecule has 0 radical (unpaired) electrons. The third kappa shape index (κ3) is 9.37. The minimum Gasteiger partial charge on any atom is -0.481 e. The smallest absolute Gasteiger partial charge is 0.308 e. The molecule has 0 saturated heterocycles. The van der Waals surface area contributed by atoms with E-state index in [1.54, 1.807) is 0 Å². The number of aliphatic hydroxyl groups excluding tert-OH is 1. The molecule has 44 heavy (non-hydrogen) atoms. The van der Waals surface area contributed by atoms with Crippen molar-refractivity contribution in [1.29, 1.82) is 5.41 Å². The van der Waals surface area contributed by atoms with E-state index in [0.717, 1.165) is 25.7 Å². The van der Waals surface area contributed by atoms with Gasteiger partial charge < -0.3 is 47.3 Å². The van der Waals surface area contributed by atoms with Crippen LogP contribution in [0.3, 0.4) is 0 Å². The molecule has 13 heteroatoms. The van der Waals surface area contributed by atoms with Crippen LogP contribution in [0.4, 0.5) is 0 Å². The zero-order valence-corrected chi connectivity index (χ0v) is 27.3. The molecule has 2 aliphatic carbocycles. The van der Waals surface area contributed by atoms with E-state index in [1.165, 1.54) is 13.8 Å². The highest BCUT2D eigenvalue weighted by Crippen LogP contribution is 2.40. The number of carbonyl (C=O) groups is 4. The lowest BCUT2D eigenvalue weighted by Gasteiger charge is -2.39. The molecule has 10 N–H and O–H groups in total. The van der Waals surface area contributed by atoms with Crippen molar-refractivity contribution in [2.75, 3.05) is 6.67 Å². The predicted molar refractivity (Wildman–Crippen MR) is 168 cm³/mol. The van der Waals surface area contributed by atoms with Crippen LogP contribution in [-0.4, -0.2) is 83.2 Å². The van der Waals surface area contributed by atoms with Crippen LogP contribution in [0, 0.1) is 40.9 Å². The number of rotatable bonds is 18. The fourth-order valence-electron chi connectivity index (χ4n) is 8.17. The Labute approximate surface area is 262 Å². The maximum atomic E-state index is 12.6. The summed E-state index contributed by atoms with van der Waals surface area (Å²) in [6, 6.07) is -1.90. The normalized spacial score (nSPS) is 28.8. The molecule has 0 aliphatic heterocycles. The van der Waals surface area contributed by atoms with Gasteiger partial charge in [-0.05, 0) is 37.0 Å². The zero-order valence-electron chi connectivity index (χ0n) is 27.3. The Kier molecular flexibility index (Phi) is 15.0. The maximum Gasteiger partial charge on any atom is 0.308 e. The maximum absolute atomic E-state index is 12.6. The number of hydrogen-bond donors (Lipinski definition) is 9. The Morgan fingerprint density at radius 2 is 1.39 bits per heavy atom. The lowest BCUT2D eigenvalue weighted by Crippen LogP contribution is -2.59. The van der Waals surface area contributed by atoms with Crippen LogP contribution in [0.1, 0.15) is 86.5 Å². The zero-order chi connectivity index (χ0) is 33.1. The first-order valence-electron chi connectivity index (χ1n) is 16.3. The number of carboxylic acids is 1. The number of amides is 2. The number of nitrogens with one attached hydrogen (secondary N) is 6. The Balaban J connectivity index is 2.45. The van der Waals surface area contributed by atoms with Gasteiger partial charge in [0.15, 0.2) is 5.96 Å². The Morgan fingerprint density at radius 1 is 0.886 bits per heavy atom. The van der Waals surface area contributed by atoms with E-state index in [-0.39, 0.29) is 72.7 Å². The summed E-state index contributed by atoms with van der Waals surface area (Å²) < 4.78 is 0. The van der Waals surface area contributed by atoms with Gasteiger partial charge in [0.1, 0.15) is 12.4 Å². The fourth-order valence-corrected chi connectivity index (χ4v) is 8.17. The molecule has 0 aromatic rings. The molecular weight excluding hydrogens is 566 g/mol. The average Bonchev–Trinajstić information content (AvgIpc) is 3.53. The summed E-state index contributed by atoms with van der Waals surface area (Å²) in [5.41, 5.74) is 5.73. The van der Waals surface area contributed by atoms with Crippen molar-refractivity contribution in [3.63, 3.8) is 0 Å². The SMILES string of the molecule is CCC(CC)[C@@H](NC(C)=O)[C@H]1CC[C@H](C(O)C=O)[C@H]1NCN[C@H]1[C@@H]([C@H](NC(C)=O)C(CC)CC)[C@H](NC(=N)N)C[C@@H]1C(=O)O. The van der Waals surface area contributed by atoms with Crippen molar-refractivity contribution in [2.24, 2.45) is 41.2 Å². The van der Waals surface area contributed by atoms with Crippen molar-refractivity contribution in [3.05, 3.63) is 0 Å². The van der Waals surface area contributed by atoms with E-state index in [2.05, 4.69) is 40.4 Å². The van der Waals surface area contributed by atoms with Crippen LogP contribution < -0.4 is 32.3 Å². The molecule has 0 aromatic heterocycles. The highest BCUT2D eigenvalue weighted by Gasteiger charge is 2.52. The van der Waals surface area contributed by atoms with E-state index in [4.69, 9.17) is 11.1 Å². The third-order valence-electron chi connectivity index (χ3n) is 10.2. The Morgan fingerprint density at radius 3 is 1.86 bits per heavy atom. The molecule has 2 aliphatic rings. The first-order chi connectivity index (χ1) is 20.8. The van der Waals surface area contributed by atoms with Crippen LogP contribution in [0.5, 0.6) is 0 Å².